The summed E-state index contributed by atoms with van der Waals surface area (Å²) in [5.41, 5.74) is 1.26. The van der Waals surface area contributed by atoms with Crippen LogP contribution in [0.3, 0.4) is 0 Å². The summed E-state index contributed by atoms with van der Waals surface area (Å²) in [6.07, 6.45) is 2.79. The second-order valence-corrected chi connectivity index (χ2v) is 5.51. The number of rotatable bonds is 7. The zero-order valence-electron chi connectivity index (χ0n) is 14.1. The van der Waals surface area contributed by atoms with E-state index in [2.05, 4.69) is 0 Å². The SMILES string of the molecule is COc1cc(/C=C/C(=O)OCc2ccc([N+](=O)[O-])cc2)cc(Cl)c1OC. The summed E-state index contributed by atoms with van der Waals surface area (Å²) in [5, 5.41) is 10.9. The van der Waals surface area contributed by atoms with E-state index in [1.54, 1.807) is 12.1 Å². The molecule has 0 N–H and O–H groups in total. The standard InChI is InChI=1S/C18H16ClNO6/c1-24-16-10-13(9-15(19)18(16)25-2)5-8-17(21)26-11-12-3-6-14(7-4-12)20(22)23/h3-10H,11H2,1-2H3/b8-5+. The molecular formula is C18H16ClNO6. The first kappa shape index (κ1) is 19.3. The van der Waals surface area contributed by atoms with Crippen molar-refractivity contribution in [3.05, 3.63) is 68.7 Å². The highest BCUT2D eigenvalue weighted by molar-refractivity contribution is 6.32. The molecule has 26 heavy (non-hydrogen) atoms. The van der Waals surface area contributed by atoms with E-state index in [1.165, 1.54) is 50.6 Å². The molecule has 2 aromatic rings. The molecule has 0 aliphatic heterocycles. The van der Waals surface area contributed by atoms with E-state index in [0.717, 1.165) is 0 Å². The molecule has 0 radical (unpaired) electrons. The largest absolute Gasteiger partial charge is 0.493 e. The predicted octanol–water partition coefficient (Wildman–Crippen LogP) is 4.02. The van der Waals surface area contributed by atoms with Crippen molar-refractivity contribution in [1.82, 2.24) is 0 Å². The molecule has 0 aliphatic carbocycles. The number of nitrogens with zero attached hydrogens (tertiary/aromatic N) is 1. The number of methoxy groups -OCH3 is 2. The number of hydrogen-bond acceptors (Lipinski definition) is 6. The number of nitro benzene ring substituents is 1. The third-order valence-electron chi connectivity index (χ3n) is 3.40. The van der Waals surface area contributed by atoms with Crippen LogP contribution < -0.4 is 9.47 Å². The van der Waals surface area contributed by atoms with Crippen LogP contribution in [0.15, 0.2) is 42.5 Å². The van der Waals surface area contributed by atoms with Gasteiger partial charge in [0.15, 0.2) is 11.5 Å². The highest BCUT2D eigenvalue weighted by Crippen LogP contribution is 2.36. The van der Waals surface area contributed by atoms with Gasteiger partial charge in [-0.05, 0) is 41.5 Å². The smallest absolute Gasteiger partial charge is 0.331 e. The average molecular weight is 378 g/mol. The number of hydrogen-bond donors (Lipinski definition) is 0. The number of non-ortho nitro benzene ring substituents is 1. The zero-order valence-corrected chi connectivity index (χ0v) is 14.9. The highest BCUT2D eigenvalue weighted by atomic mass is 35.5. The predicted molar refractivity (Wildman–Crippen MR) is 96.5 cm³/mol. The van der Waals surface area contributed by atoms with Crippen LogP contribution in [0.4, 0.5) is 5.69 Å². The van der Waals surface area contributed by atoms with E-state index in [4.69, 9.17) is 25.8 Å². The lowest BCUT2D eigenvalue weighted by Gasteiger charge is -2.10. The van der Waals surface area contributed by atoms with Crippen LogP contribution in [-0.2, 0) is 16.1 Å². The minimum absolute atomic E-state index is 0.00780. The minimum atomic E-state index is -0.561. The van der Waals surface area contributed by atoms with Gasteiger partial charge in [-0.3, -0.25) is 10.1 Å². The summed E-state index contributed by atoms with van der Waals surface area (Å²) in [6.45, 7) is 0.00780. The number of carbonyl (C=O) groups excluding carboxylic acids is 1. The zero-order chi connectivity index (χ0) is 19.1. The Hall–Kier alpha value is -3.06. The summed E-state index contributed by atoms with van der Waals surface area (Å²) >= 11 is 6.10. The van der Waals surface area contributed by atoms with Crippen LogP contribution in [0.2, 0.25) is 5.02 Å². The molecule has 136 valence electrons. The molecule has 0 unspecified atom stereocenters. The van der Waals surface area contributed by atoms with Crippen molar-refractivity contribution in [2.24, 2.45) is 0 Å². The van der Waals surface area contributed by atoms with Crippen LogP contribution in [0.25, 0.3) is 6.08 Å². The van der Waals surface area contributed by atoms with Gasteiger partial charge < -0.3 is 14.2 Å². The number of benzene rings is 2. The molecule has 0 saturated carbocycles. The van der Waals surface area contributed by atoms with E-state index in [1.807, 2.05) is 0 Å². The molecule has 0 aromatic heterocycles. The molecule has 0 amide bonds. The molecule has 2 rings (SSSR count). The van der Waals surface area contributed by atoms with Crippen molar-refractivity contribution < 1.29 is 23.9 Å². The Morgan fingerprint density at radius 3 is 2.46 bits per heavy atom. The second-order valence-electron chi connectivity index (χ2n) is 5.10. The van der Waals surface area contributed by atoms with Crippen molar-refractivity contribution >= 4 is 29.3 Å². The molecule has 0 spiro atoms. The molecule has 0 bridgehead atoms. The van der Waals surface area contributed by atoms with Crippen molar-refractivity contribution in [1.29, 1.82) is 0 Å². The van der Waals surface area contributed by atoms with E-state index in [0.29, 0.717) is 27.6 Å². The monoisotopic (exact) mass is 377 g/mol. The van der Waals surface area contributed by atoms with E-state index < -0.39 is 10.9 Å². The molecule has 8 heteroatoms. The Bertz CT molecular complexity index is 832. The fraction of sp³-hybridized carbons (Fsp3) is 0.167. The van der Waals surface area contributed by atoms with Crippen LogP contribution in [0, 0.1) is 10.1 Å². The lowest BCUT2D eigenvalue weighted by atomic mass is 10.2. The van der Waals surface area contributed by atoms with Gasteiger partial charge in [-0.15, -0.1) is 0 Å². The Morgan fingerprint density at radius 1 is 1.19 bits per heavy atom. The fourth-order valence-corrected chi connectivity index (χ4v) is 2.41. The number of carbonyl (C=O) groups is 1. The normalized spacial score (nSPS) is 10.6. The molecule has 0 atom stereocenters. The van der Waals surface area contributed by atoms with Gasteiger partial charge >= 0.3 is 5.97 Å². The minimum Gasteiger partial charge on any atom is -0.493 e. The highest BCUT2D eigenvalue weighted by Gasteiger charge is 2.10. The fourth-order valence-electron chi connectivity index (χ4n) is 2.11. The van der Waals surface area contributed by atoms with Gasteiger partial charge in [0, 0.05) is 18.2 Å². The van der Waals surface area contributed by atoms with Crippen LogP contribution in [-0.4, -0.2) is 25.1 Å². The Morgan fingerprint density at radius 2 is 1.88 bits per heavy atom. The van der Waals surface area contributed by atoms with E-state index in [-0.39, 0.29) is 12.3 Å². The van der Waals surface area contributed by atoms with Gasteiger partial charge in [-0.25, -0.2) is 4.79 Å². The molecule has 7 nitrogen and oxygen atoms in total. The van der Waals surface area contributed by atoms with Gasteiger partial charge in [0.1, 0.15) is 6.61 Å². The van der Waals surface area contributed by atoms with E-state index >= 15 is 0 Å². The first-order valence-electron chi connectivity index (χ1n) is 7.44. The molecule has 0 heterocycles. The number of halogens is 1. The van der Waals surface area contributed by atoms with Gasteiger partial charge in [0.05, 0.1) is 24.2 Å². The summed E-state index contributed by atoms with van der Waals surface area (Å²) in [4.78, 5) is 21.9. The molecule has 0 fully saturated rings. The maximum Gasteiger partial charge on any atom is 0.331 e. The van der Waals surface area contributed by atoms with Gasteiger partial charge in [0.2, 0.25) is 0 Å². The van der Waals surface area contributed by atoms with Crippen LogP contribution in [0.5, 0.6) is 11.5 Å². The second kappa shape index (κ2) is 8.87. The number of ether oxygens (including phenoxy) is 3. The molecule has 0 aliphatic rings. The van der Waals surface area contributed by atoms with Crippen LogP contribution >= 0.6 is 11.6 Å². The molecule has 2 aromatic carbocycles. The maximum atomic E-state index is 11.8. The Balaban J connectivity index is 1.99. The summed E-state index contributed by atoms with van der Waals surface area (Å²) in [5.74, 6) is 0.292. The molecule has 0 saturated heterocycles. The van der Waals surface area contributed by atoms with Gasteiger partial charge in [-0.2, -0.15) is 0 Å². The summed E-state index contributed by atoms with van der Waals surface area (Å²) < 4.78 is 15.4. The summed E-state index contributed by atoms with van der Waals surface area (Å²) in [6, 6.07) is 9.07. The Kier molecular flexibility index (Phi) is 6.57. The number of esters is 1. The van der Waals surface area contributed by atoms with Crippen LogP contribution in [0.1, 0.15) is 11.1 Å². The quantitative estimate of drug-likeness (QED) is 0.313. The number of nitro groups is 1. The first-order valence-corrected chi connectivity index (χ1v) is 7.82. The van der Waals surface area contributed by atoms with Crippen molar-refractivity contribution in [3.63, 3.8) is 0 Å². The maximum absolute atomic E-state index is 11.8. The van der Waals surface area contributed by atoms with Gasteiger partial charge in [0.25, 0.3) is 5.69 Å². The average Bonchev–Trinajstić information content (AvgIpc) is 2.64. The van der Waals surface area contributed by atoms with Crippen molar-refractivity contribution in [2.75, 3.05) is 14.2 Å². The lowest BCUT2D eigenvalue weighted by molar-refractivity contribution is -0.384. The Labute approximate surface area is 154 Å². The molecular weight excluding hydrogens is 362 g/mol. The third kappa shape index (κ3) is 4.97. The van der Waals surface area contributed by atoms with Gasteiger partial charge in [-0.1, -0.05) is 11.6 Å². The topological polar surface area (TPSA) is 87.9 Å². The summed E-state index contributed by atoms with van der Waals surface area (Å²) in [7, 11) is 2.97. The lowest BCUT2D eigenvalue weighted by Crippen LogP contribution is -2.01. The first-order chi connectivity index (χ1) is 12.4. The van der Waals surface area contributed by atoms with Crippen molar-refractivity contribution in [3.8, 4) is 11.5 Å². The van der Waals surface area contributed by atoms with E-state index in [9.17, 15) is 14.9 Å². The van der Waals surface area contributed by atoms with Crippen molar-refractivity contribution in [2.45, 2.75) is 6.61 Å². The third-order valence-corrected chi connectivity index (χ3v) is 3.68.